The number of hydrogen-bond donors (Lipinski definition) is 1. The first-order valence-electron chi connectivity index (χ1n) is 1.79. The maximum atomic E-state index is 9.62. The molecule has 0 unspecified atom stereocenters. The van der Waals surface area contributed by atoms with Crippen molar-refractivity contribution in [3.8, 4) is 0 Å². The van der Waals surface area contributed by atoms with E-state index in [0.717, 1.165) is 0 Å². The van der Waals surface area contributed by atoms with Gasteiger partial charge < -0.3 is 5.11 Å². The third-order valence-corrected chi connectivity index (χ3v) is 0.620. The van der Waals surface area contributed by atoms with Gasteiger partial charge in [0.25, 0.3) is 0 Å². The summed E-state index contributed by atoms with van der Waals surface area (Å²) in [7, 11) is -0.161. The van der Waals surface area contributed by atoms with Gasteiger partial charge in [0.2, 0.25) is 0 Å². The second-order valence-electron chi connectivity index (χ2n) is 0.920. The molecule has 0 aromatic heterocycles. The highest BCUT2D eigenvalue weighted by atomic mass is 31.1. The Bertz CT molecular complexity index is 122. The summed E-state index contributed by atoms with van der Waals surface area (Å²) in [6.45, 7) is 0. The van der Waals surface area contributed by atoms with E-state index >= 15 is 0 Å². The third-order valence-electron chi connectivity index (χ3n) is 0.341. The van der Waals surface area contributed by atoms with Crippen LogP contribution in [0.5, 0.6) is 0 Å². The second kappa shape index (κ2) is 4.40. The van der Waals surface area contributed by atoms with Gasteiger partial charge in [0, 0.05) is 0 Å². The van der Waals surface area contributed by atoms with Crippen molar-refractivity contribution >= 4 is 20.6 Å². The van der Waals surface area contributed by atoms with Crippen molar-refractivity contribution in [2.24, 2.45) is 4.99 Å². The second-order valence-corrected chi connectivity index (χ2v) is 1.46. The van der Waals surface area contributed by atoms with Crippen LogP contribution < -0.4 is 0 Å². The number of aliphatic imine (C=N–C) groups is 1. The number of carbonyl (C=O) groups is 1. The Kier molecular flexibility index (Phi) is 3.98. The van der Waals surface area contributed by atoms with Crippen LogP contribution in [0.15, 0.2) is 4.99 Å². The molecule has 8 heavy (non-hydrogen) atoms. The van der Waals surface area contributed by atoms with Crippen molar-refractivity contribution in [3.05, 3.63) is 0 Å². The van der Waals surface area contributed by atoms with Crippen molar-refractivity contribution in [2.45, 2.75) is 0 Å². The highest BCUT2D eigenvalue weighted by Gasteiger charge is 1.82. The molecule has 0 radical (unpaired) electrons. The van der Waals surface area contributed by atoms with Crippen LogP contribution >= 0.6 is 8.46 Å². The summed E-state index contributed by atoms with van der Waals surface area (Å²) in [4.78, 5) is 12.9. The van der Waals surface area contributed by atoms with Crippen LogP contribution in [0.25, 0.3) is 0 Å². The predicted octanol–water partition coefficient (Wildman–Crippen LogP) is 0.391. The molecule has 0 saturated carbocycles. The van der Waals surface area contributed by atoms with Crippen molar-refractivity contribution in [1.82, 2.24) is 0 Å². The lowest BCUT2D eigenvalue weighted by Crippen LogP contribution is -1.94. The van der Waals surface area contributed by atoms with Gasteiger partial charge in [-0.1, -0.05) is 0 Å². The highest BCUT2D eigenvalue weighted by Crippen LogP contribution is 1.87. The van der Waals surface area contributed by atoms with Gasteiger partial charge in [-0.25, -0.2) is 4.79 Å². The molecule has 0 bridgehead atoms. The first-order chi connectivity index (χ1) is 3.77. The van der Waals surface area contributed by atoms with Crippen LogP contribution in [0.4, 0.5) is 0 Å². The molecule has 0 aromatic carbocycles. The standard InChI is InChI=1S/C3H4NO3P/c5-3(6)1-4-2-8-7/h1H,2H2,(H,5,6). The summed E-state index contributed by atoms with van der Waals surface area (Å²) in [6, 6.07) is 0. The molecule has 0 aliphatic heterocycles. The molecule has 4 nitrogen and oxygen atoms in total. The monoisotopic (exact) mass is 133 g/mol. The molecule has 0 aliphatic carbocycles. The Morgan fingerprint density at radius 2 is 2.50 bits per heavy atom. The van der Waals surface area contributed by atoms with Crippen LogP contribution in [0, 0.1) is 0 Å². The lowest BCUT2D eigenvalue weighted by molar-refractivity contribution is -0.128. The summed E-state index contributed by atoms with van der Waals surface area (Å²) >= 11 is 0. The zero-order chi connectivity index (χ0) is 6.41. The van der Waals surface area contributed by atoms with Gasteiger partial charge in [-0.15, -0.1) is 0 Å². The average Bonchev–Trinajstić information content (AvgIpc) is 1.66. The lowest BCUT2D eigenvalue weighted by Gasteiger charge is -1.73. The zero-order valence-electron chi connectivity index (χ0n) is 3.94. The topological polar surface area (TPSA) is 66.7 Å². The molecule has 0 amide bonds. The molecule has 0 rings (SSSR count). The molecule has 0 aromatic rings. The van der Waals surface area contributed by atoms with Gasteiger partial charge in [-0.05, 0) is 0 Å². The Morgan fingerprint density at radius 1 is 1.88 bits per heavy atom. The predicted molar refractivity (Wildman–Crippen MR) is 28.6 cm³/mol. The number of carboxylic acid groups (broad SMARTS) is 1. The van der Waals surface area contributed by atoms with Gasteiger partial charge in [0.05, 0.1) is 0 Å². The fourth-order valence-electron chi connectivity index (χ4n) is 0.152. The SMILES string of the molecule is O=PCN=CC(=O)O. The Hall–Kier alpha value is -0.760. The van der Waals surface area contributed by atoms with E-state index < -0.39 is 5.97 Å². The first kappa shape index (κ1) is 7.24. The minimum atomic E-state index is -1.12. The lowest BCUT2D eigenvalue weighted by atomic mass is 10.8. The van der Waals surface area contributed by atoms with E-state index in [1.807, 2.05) is 0 Å². The van der Waals surface area contributed by atoms with E-state index in [1.165, 1.54) is 0 Å². The molecule has 5 heteroatoms. The maximum absolute atomic E-state index is 9.62. The number of nitrogens with zero attached hydrogens (tertiary/aromatic N) is 1. The summed E-state index contributed by atoms with van der Waals surface area (Å²) in [6.07, 6.45) is 0.733. The molecule has 0 heterocycles. The Balaban J connectivity index is 3.34. The van der Waals surface area contributed by atoms with Gasteiger partial charge >= 0.3 is 5.97 Å². The van der Waals surface area contributed by atoms with E-state index in [-0.39, 0.29) is 14.7 Å². The third kappa shape index (κ3) is 5.24. The summed E-state index contributed by atoms with van der Waals surface area (Å²) in [5.74, 6) is -1.12. The van der Waals surface area contributed by atoms with Crippen molar-refractivity contribution in [2.75, 3.05) is 6.29 Å². The van der Waals surface area contributed by atoms with Crippen molar-refractivity contribution in [1.29, 1.82) is 0 Å². The van der Waals surface area contributed by atoms with E-state index in [1.54, 1.807) is 0 Å². The summed E-state index contributed by atoms with van der Waals surface area (Å²) < 4.78 is 9.58. The molecule has 0 aliphatic rings. The van der Waals surface area contributed by atoms with Crippen LogP contribution in [0.2, 0.25) is 0 Å². The van der Waals surface area contributed by atoms with Gasteiger partial charge in [0.1, 0.15) is 12.5 Å². The molecule has 0 fully saturated rings. The van der Waals surface area contributed by atoms with Crippen LogP contribution in [-0.2, 0) is 9.36 Å². The zero-order valence-corrected chi connectivity index (χ0v) is 4.84. The fraction of sp³-hybridized carbons (Fsp3) is 0.333. The van der Waals surface area contributed by atoms with Gasteiger partial charge in [-0.2, -0.15) is 0 Å². The minimum absolute atomic E-state index is 0.0201. The smallest absolute Gasteiger partial charge is 0.346 e. The quantitative estimate of drug-likeness (QED) is 0.447. The van der Waals surface area contributed by atoms with Gasteiger partial charge in [-0.3, -0.25) is 9.56 Å². The summed E-state index contributed by atoms with van der Waals surface area (Å²) in [5.41, 5.74) is 0. The van der Waals surface area contributed by atoms with Crippen LogP contribution in [-0.4, -0.2) is 23.6 Å². The Labute approximate surface area is 47.4 Å². The molecular weight excluding hydrogens is 129 g/mol. The minimum Gasteiger partial charge on any atom is -0.477 e. The molecule has 0 spiro atoms. The first-order valence-corrected chi connectivity index (χ1v) is 2.79. The number of rotatable bonds is 3. The fourth-order valence-corrected chi connectivity index (χ4v) is 0.301. The Morgan fingerprint density at radius 3 is 2.88 bits per heavy atom. The van der Waals surface area contributed by atoms with Gasteiger partial charge in [0.15, 0.2) is 8.46 Å². The number of hydrogen-bond acceptors (Lipinski definition) is 3. The largest absolute Gasteiger partial charge is 0.477 e. The number of carboxylic acids is 1. The molecule has 0 atom stereocenters. The maximum Gasteiger partial charge on any atom is 0.346 e. The van der Waals surface area contributed by atoms with E-state index in [4.69, 9.17) is 5.11 Å². The molecule has 44 valence electrons. The van der Waals surface area contributed by atoms with E-state index in [2.05, 4.69) is 4.99 Å². The van der Waals surface area contributed by atoms with E-state index in [0.29, 0.717) is 6.21 Å². The molecular formula is C3H4NO3P. The number of aliphatic carboxylic acids is 1. The average molecular weight is 133 g/mol. The molecule has 1 N–H and O–H groups in total. The van der Waals surface area contributed by atoms with Crippen LogP contribution in [0.3, 0.4) is 0 Å². The summed E-state index contributed by atoms with van der Waals surface area (Å²) in [5, 5.41) is 7.89. The molecule has 0 saturated heterocycles. The van der Waals surface area contributed by atoms with Crippen LogP contribution in [0.1, 0.15) is 0 Å². The highest BCUT2D eigenvalue weighted by molar-refractivity contribution is 7.23. The van der Waals surface area contributed by atoms with E-state index in [9.17, 15) is 9.36 Å². The van der Waals surface area contributed by atoms with Crippen molar-refractivity contribution in [3.63, 3.8) is 0 Å². The van der Waals surface area contributed by atoms with Crippen molar-refractivity contribution < 1.29 is 14.5 Å². The normalized spacial score (nSPS) is 10.5.